The lowest BCUT2D eigenvalue weighted by Crippen LogP contribution is -2.19. The molecule has 8 nitrogen and oxygen atoms in total. The van der Waals surface area contributed by atoms with Gasteiger partial charge in [-0.25, -0.2) is 5.43 Å². The van der Waals surface area contributed by atoms with Crippen molar-refractivity contribution in [3.05, 3.63) is 82.7 Å². The van der Waals surface area contributed by atoms with Crippen LogP contribution in [0.4, 0.5) is 0 Å². The molecule has 0 fully saturated rings. The fourth-order valence-electron chi connectivity index (χ4n) is 2.64. The van der Waals surface area contributed by atoms with Gasteiger partial charge in [-0.2, -0.15) is 15.0 Å². The number of para-hydroxylation sites is 1. The molecule has 0 saturated carbocycles. The maximum absolute atomic E-state index is 12.6. The highest BCUT2D eigenvalue weighted by Crippen LogP contribution is 2.23. The number of nitrogens with one attached hydrogen (secondary N) is 1. The summed E-state index contributed by atoms with van der Waals surface area (Å²) < 4.78 is 5.21. The summed E-state index contributed by atoms with van der Waals surface area (Å²) in [5, 5.41) is 17.2. The Balaban J connectivity index is 1.55. The van der Waals surface area contributed by atoms with Crippen LogP contribution in [-0.2, 0) is 0 Å². The number of amides is 1. The van der Waals surface area contributed by atoms with Gasteiger partial charge in [0.05, 0.1) is 18.1 Å². The zero-order valence-electron chi connectivity index (χ0n) is 15.3. The minimum atomic E-state index is -0.460. The van der Waals surface area contributed by atoms with E-state index in [1.807, 2.05) is 30.3 Å². The normalized spacial score (nSPS) is 11.1. The monoisotopic (exact) mass is 406 g/mol. The van der Waals surface area contributed by atoms with Crippen molar-refractivity contribution in [3.8, 4) is 17.1 Å². The first-order valence-corrected chi connectivity index (χ1v) is 9.03. The molecule has 2 aromatic heterocycles. The second-order valence-electron chi connectivity index (χ2n) is 6.07. The molecule has 4 rings (SSSR count). The Labute approximate surface area is 170 Å². The quantitative estimate of drug-likeness (QED) is 0.403. The third-order valence-electron chi connectivity index (χ3n) is 4.06. The first-order valence-electron chi connectivity index (χ1n) is 8.65. The number of carbonyl (C=O) groups is 1. The molecule has 144 valence electrons. The number of benzene rings is 2. The molecule has 29 heavy (non-hydrogen) atoms. The number of nitrogens with zero attached hydrogens (tertiary/aromatic N) is 5. The van der Waals surface area contributed by atoms with Crippen LogP contribution in [0.3, 0.4) is 0 Å². The van der Waals surface area contributed by atoms with Crippen LogP contribution < -0.4 is 5.43 Å². The number of aromatic nitrogens is 4. The molecule has 0 radical (unpaired) electrons. The van der Waals surface area contributed by atoms with Gasteiger partial charge in [-0.3, -0.25) is 4.79 Å². The van der Waals surface area contributed by atoms with Crippen LogP contribution in [0, 0.1) is 6.92 Å². The van der Waals surface area contributed by atoms with Crippen LogP contribution in [0.25, 0.3) is 17.1 Å². The smallest absolute Gasteiger partial charge is 0.277 e. The summed E-state index contributed by atoms with van der Waals surface area (Å²) in [6, 6.07) is 16.5. The first kappa shape index (κ1) is 18.6. The van der Waals surface area contributed by atoms with E-state index in [0.29, 0.717) is 22.2 Å². The molecular weight excluding hydrogens is 392 g/mol. The van der Waals surface area contributed by atoms with E-state index in [0.717, 1.165) is 11.3 Å². The van der Waals surface area contributed by atoms with E-state index in [9.17, 15) is 4.79 Å². The SMILES string of the molecule is Cc1onc(-c2cnn(-c3ccccc3)n2)c1C(=O)N/N=C/c1ccc(Cl)cc1. The van der Waals surface area contributed by atoms with Crippen molar-refractivity contribution in [1.29, 1.82) is 0 Å². The highest BCUT2D eigenvalue weighted by Gasteiger charge is 2.23. The minimum Gasteiger partial charge on any atom is -0.360 e. The van der Waals surface area contributed by atoms with Crippen molar-refractivity contribution in [2.24, 2.45) is 5.10 Å². The summed E-state index contributed by atoms with van der Waals surface area (Å²) in [5.74, 6) is -0.105. The second kappa shape index (κ2) is 8.07. The number of rotatable bonds is 5. The minimum absolute atomic E-state index is 0.248. The molecule has 0 aliphatic heterocycles. The van der Waals surface area contributed by atoms with Crippen molar-refractivity contribution in [2.75, 3.05) is 0 Å². The lowest BCUT2D eigenvalue weighted by atomic mass is 10.1. The summed E-state index contributed by atoms with van der Waals surface area (Å²) in [7, 11) is 0. The molecule has 0 aliphatic rings. The van der Waals surface area contributed by atoms with E-state index in [1.54, 1.807) is 31.2 Å². The van der Waals surface area contributed by atoms with Gasteiger partial charge in [0.25, 0.3) is 5.91 Å². The molecule has 0 unspecified atom stereocenters. The van der Waals surface area contributed by atoms with Crippen LogP contribution >= 0.6 is 11.6 Å². The van der Waals surface area contributed by atoms with Gasteiger partial charge in [0.1, 0.15) is 22.7 Å². The molecule has 1 amide bonds. The topological polar surface area (TPSA) is 98.2 Å². The third kappa shape index (κ3) is 4.07. The number of hydrazone groups is 1. The Hall–Kier alpha value is -3.78. The molecule has 0 atom stereocenters. The van der Waals surface area contributed by atoms with Crippen LogP contribution in [0.2, 0.25) is 5.02 Å². The van der Waals surface area contributed by atoms with Gasteiger partial charge in [0.15, 0.2) is 0 Å². The fraction of sp³-hybridized carbons (Fsp3) is 0.0500. The average Bonchev–Trinajstić information content (AvgIpc) is 3.37. The van der Waals surface area contributed by atoms with Crippen LogP contribution in [0.15, 0.2) is 70.4 Å². The Bertz CT molecular complexity index is 1170. The lowest BCUT2D eigenvalue weighted by Gasteiger charge is -2.00. The molecule has 1 N–H and O–H groups in total. The zero-order valence-corrected chi connectivity index (χ0v) is 16.0. The number of hydrogen-bond acceptors (Lipinski definition) is 6. The molecular formula is C20H15ClN6O2. The van der Waals surface area contributed by atoms with E-state index < -0.39 is 5.91 Å². The molecule has 0 saturated heterocycles. The molecule has 2 heterocycles. The van der Waals surface area contributed by atoms with Gasteiger partial charge >= 0.3 is 0 Å². The van der Waals surface area contributed by atoms with Gasteiger partial charge in [0, 0.05) is 5.02 Å². The number of halogens is 1. The Morgan fingerprint density at radius 1 is 1.17 bits per heavy atom. The van der Waals surface area contributed by atoms with Gasteiger partial charge in [0.2, 0.25) is 0 Å². The molecule has 0 spiro atoms. The maximum Gasteiger partial charge on any atom is 0.277 e. The van der Waals surface area contributed by atoms with E-state index in [2.05, 4.69) is 25.9 Å². The second-order valence-corrected chi connectivity index (χ2v) is 6.50. The molecule has 4 aromatic rings. The zero-order chi connectivity index (χ0) is 20.2. The molecule has 9 heteroatoms. The summed E-state index contributed by atoms with van der Waals surface area (Å²) >= 11 is 5.85. The summed E-state index contributed by atoms with van der Waals surface area (Å²) in [6.07, 6.45) is 3.04. The van der Waals surface area contributed by atoms with E-state index >= 15 is 0 Å². The third-order valence-corrected chi connectivity index (χ3v) is 4.31. The Morgan fingerprint density at radius 3 is 2.69 bits per heavy atom. The van der Waals surface area contributed by atoms with Crippen molar-refractivity contribution in [2.45, 2.75) is 6.92 Å². The molecule has 0 bridgehead atoms. The van der Waals surface area contributed by atoms with E-state index in [4.69, 9.17) is 16.1 Å². The van der Waals surface area contributed by atoms with E-state index in [-0.39, 0.29) is 5.56 Å². The van der Waals surface area contributed by atoms with Crippen molar-refractivity contribution in [3.63, 3.8) is 0 Å². The highest BCUT2D eigenvalue weighted by atomic mass is 35.5. The van der Waals surface area contributed by atoms with Gasteiger partial charge in [-0.05, 0) is 36.8 Å². The predicted octanol–water partition coefficient (Wildman–Crippen LogP) is 3.65. The number of carbonyl (C=O) groups excluding carboxylic acids is 1. The summed E-state index contributed by atoms with van der Waals surface area (Å²) in [4.78, 5) is 14.1. The molecule has 2 aromatic carbocycles. The standard InChI is InChI=1S/C20H15ClN6O2/c1-13-18(20(28)24-22-11-14-7-9-15(21)10-8-14)19(26-29-13)17-12-23-27(25-17)16-5-3-2-4-6-16/h2-12H,1H3,(H,24,28)/b22-11+. The van der Waals surface area contributed by atoms with Crippen LogP contribution in [0.5, 0.6) is 0 Å². The Kier molecular flexibility index (Phi) is 5.17. The number of aryl methyl sites for hydroxylation is 1. The van der Waals surface area contributed by atoms with Gasteiger partial charge in [-0.1, -0.05) is 47.1 Å². The summed E-state index contributed by atoms with van der Waals surface area (Å²) in [6.45, 7) is 1.65. The van der Waals surface area contributed by atoms with Gasteiger partial charge < -0.3 is 4.52 Å². The van der Waals surface area contributed by atoms with Crippen LogP contribution in [-0.4, -0.2) is 32.3 Å². The highest BCUT2D eigenvalue weighted by molar-refractivity contribution is 6.30. The maximum atomic E-state index is 12.6. The van der Waals surface area contributed by atoms with Crippen molar-refractivity contribution >= 4 is 23.7 Å². The average molecular weight is 407 g/mol. The van der Waals surface area contributed by atoms with Crippen LogP contribution in [0.1, 0.15) is 21.7 Å². The molecule has 0 aliphatic carbocycles. The fourth-order valence-corrected chi connectivity index (χ4v) is 2.77. The number of hydrogen-bond donors (Lipinski definition) is 1. The van der Waals surface area contributed by atoms with Crippen molar-refractivity contribution in [1.82, 2.24) is 25.6 Å². The van der Waals surface area contributed by atoms with Gasteiger partial charge in [-0.15, -0.1) is 5.10 Å². The van der Waals surface area contributed by atoms with E-state index in [1.165, 1.54) is 17.2 Å². The van der Waals surface area contributed by atoms with Crippen molar-refractivity contribution < 1.29 is 9.32 Å². The first-order chi connectivity index (χ1) is 14.1. The largest absolute Gasteiger partial charge is 0.360 e. The predicted molar refractivity (Wildman–Crippen MR) is 108 cm³/mol. The Morgan fingerprint density at radius 2 is 1.93 bits per heavy atom. The summed E-state index contributed by atoms with van der Waals surface area (Å²) in [5.41, 5.74) is 5.02. The lowest BCUT2D eigenvalue weighted by molar-refractivity contribution is 0.0954.